The molecule has 1 fully saturated rings. The number of rotatable bonds is 1. The van der Waals surface area contributed by atoms with Gasteiger partial charge in [-0.2, -0.15) is 0 Å². The maximum Gasteiger partial charge on any atom is 0.231 e. The molecule has 1 unspecified atom stereocenters. The van der Waals surface area contributed by atoms with Crippen LogP contribution < -0.4 is 14.8 Å². The summed E-state index contributed by atoms with van der Waals surface area (Å²) in [4.78, 5) is 0. The molecule has 1 atom stereocenters. The van der Waals surface area contributed by atoms with Crippen molar-refractivity contribution in [3.05, 3.63) is 22.2 Å². The summed E-state index contributed by atoms with van der Waals surface area (Å²) in [6, 6.07) is 2.38. The summed E-state index contributed by atoms with van der Waals surface area (Å²) in [6.45, 7) is 3.35. The second-order valence-corrected chi connectivity index (χ2v) is 5.02. The summed E-state index contributed by atoms with van der Waals surface area (Å²) >= 11 is 6.43. The number of hydrogen-bond donors (Lipinski definition) is 1. The quantitative estimate of drug-likeness (QED) is 0.834. The van der Waals surface area contributed by atoms with Crippen LogP contribution in [0.3, 0.4) is 0 Å². The third kappa shape index (κ3) is 1.87. The van der Waals surface area contributed by atoms with Crippen LogP contribution in [0.1, 0.15) is 36.4 Å². The van der Waals surface area contributed by atoms with E-state index in [0.717, 1.165) is 40.6 Å². The predicted octanol–water partition coefficient (Wildman–Crippen LogP) is 3.19. The summed E-state index contributed by atoms with van der Waals surface area (Å²) in [6.07, 6.45) is 3.64. The first-order chi connectivity index (χ1) is 8.27. The van der Waals surface area contributed by atoms with E-state index in [2.05, 4.69) is 5.32 Å². The van der Waals surface area contributed by atoms with Crippen molar-refractivity contribution in [2.45, 2.75) is 32.2 Å². The fourth-order valence-electron chi connectivity index (χ4n) is 2.58. The summed E-state index contributed by atoms with van der Waals surface area (Å²) in [7, 11) is 0. The maximum atomic E-state index is 6.43. The monoisotopic (exact) mass is 253 g/mol. The van der Waals surface area contributed by atoms with E-state index in [1.807, 2.05) is 13.0 Å². The third-order valence-corrected chi connectivity index (χ3v) is 4.04. The second kappa shape index (κ2) is 4.39. The highest BCUT2D eigenvalue weighted by Crippen LogP contribution is 2.43. The highest BCUT2D eigenvalue weighted by Gasteiger charge is 2.25. The van der Waals surface area contributed by atoms with Gasteiger partial charge in [-0.25, -0.2) is 0 Å². The van der Waals surface area contributed by atoms with Crippen molar-refractivity contribution in [3.8, 4) is 11.5 Å². The van der Waals surface area contributed by atoms with E-state index in [-0.39, 0.29) is 0 Å². The lowest BCUT2D eigenvalue weighted by Crippen LogP contribution is -2.27. The van der Waals surface area contributed by atoms with Crippen LogP contribution in [0, 0.1) is 6.92 Å². The van der Waals surface area contributed by atoms with Crippen molar-refractivity contribution in [3.63, 3.8) is 0 Å². The van der Waals surface area contributed by atoms with Crippen molar-refractivity contribution in [1.29, 1.82) is 0 Å². The Balaban J connectivity index is 2.01. The van der Waals surface area contributed by atoms with Crippen LogP contribution in [0.15, 0.2) is 6.07 Å². The molecule has 1 aromatic rings. The van der Waals surface area contributed by atoms with Crippen molar-refractivity contribution in [2.75, 3.05) is 13.3 Å². The average molecular weight is 254 g/mol. The molecular formula is C13H16ClNO2. The van der Waals surface area contributed by atoms with Crippen LogP contribution >= 0.6 is 11.6 Å². The van der Waals surface area contributed by atoms with Gasteiger partial charge in [-0.1, -0.05) is 18.0 Å². The number of fused-ring (bicyclic) bond motifs is 1. The molecular weight excluding hydrogens is 238 g/mol. The van der Waals surface area contributed by atoms with Crippen LogP contribution in [0.2, 0.25) is 5.02 Å². The molecule has 17 heavy (non-hydrogen) atoms. The Morgan fingerprint density at radius 1 is 1.35 bits per heavy atom. The third-order valence-electron chi connectivity index (χ3n) is 3.54. The van der Waals surface area contributed by atoms with Crippen molar-refractivity contribution in [1.82, 2.24) is 5.32 Å². The van der Waals surface area contributed by atoms with Gasteiger partial charge in [0.25, 0.3) is 0 Å². The molecule has 0 aliphatic carbocycles. The van der Waals surface area contributed by atoms with Gasteiger partial charge in [0.15, 0.2) is 11.5 Å². The Bertz CT molecular complexity index is 442. The van der Waals surface area contributed by atoms with Gasteiger partial charge in [-0.15, -0.1) is 0 Å². The number of nitrogens with one attached hydrogen (secondary N) is 1. The number of piperidine rings is 1. The van der Waals surface area contributed by atoms with Crippen LogP contribution in [-0.4, -0.2) is 13.3 Å². The van der Waals surface area contributed by atoms with E-state index in [4.69, 9.17) is 21.1 Å². The van der Waals surface area contributed by atoms with Crippen LogP contribution in [0.4, 0.5) is 0 Å². The first-order valence-electron chi connectivity index (χ1n) is 6.09. The molecule has 0 amide bonds. The smallest absolute Gasteiger partial charge is 0.231 e. The summed E-state index contributed by atoms with van der Waals surface area (Å²) < 4.78 is 10.9. The molecule has 0 spiro atoms. The molecule has 0 radical (unpaired) electrons. The highest BCUT2D eigenvalue weighted by molar-refractivity contribution is 6.32. The second-order valence-electron chi connectivity index (χ2n) is 4.64. The van der Waals surface area contributed by atoms with E-state index >= 15 is 0 Å². The molecule has 3 rings (SSSR count). The molecule has 1 N–H and O–H groups in total. The maximum absolute atomic E-state index is 6.43. The van der Waals surface area contributed by atoms with Gasteiger partial charge >= 0.3 is 0 Å². The van der Waals surface area contributed by atoms with E-state index in [9.17, 15) is 0 Å². The number of hydrogen-bond acceptors (Lipinski definition) is 3. The van der Waals surface area contributed by atoms with E-state index in [0.29, 0.717) is 12.8 Å². The summed E-state index contributed by atoms with van der Waals surface area (Å²) in [5.41, 5.74) is 2.14. The Morgan fingerprint density at radius 2 is 2.24 bits per heavy atom. The molecule has 2 heterocycles. The Hall–Kier alpha value is -0.930. The molecule has 2 aliphatic heterocycles. The topological polar surface area (TPSA) is 30.5 Å². The lowest BCUT2D eigenvalue weighted by Gasteiger charge is -2.25. The van der Waals surface area contributed by atoms with Crippen molar-refractivity contribution >= 4 is 11.6 Å². The highest BCUT2D eigenvalue weighted by atomic mass is 35.5. The number of halogens is 1. The van der Waals surface area contributed by atoms with Crippen LogP contribution in [-0.2, 0) is 0 Å². The SMILES string of the molecule is Cc1c(Cl)c(C2CCCCN2)cc2c1OCO2. The Kier molecular flexibility index (Phi) is 2.89. The Labute approximate surface area is 106 Å². The van der Waals surface area contributed by atoms with Gasteiger partial charge in [0, 0.05) is 11.6 Å². The summed E-state index contributed by atoms with van der Waals surface area (Å²) in [5.74, 6) is 1.63. The fourth-order valence-corrected chi connectivity index (χ4v) is 2.85. The van der Waals surface area contributed by atoms with Crippen molar-refractivity contribution in [2.24, 2.45) is 0 Å². The van der Waals surface area contributed by atoms with Gasteiger partial charge in [-0.05, 0) is 37.9 Å². The van der Waals surface area contributed by atoms with E-state index in [1.165, 1.54) is 12.8 Å². The zero-order chi connectivity index (χ0) is 11.8. The average Bonchev–Trinajstić information content (AvgIpc) is 2.83. The molecule has 1 saturated heterocycles. The molecule has 3 nitrogen and oxygen atoms in total. The van der Waals surface area contributed by atoms with Gasteiger partial charge < -0.3 is 14.8 Å². The van der Waals surface area contributed by atoms with Crippen LogP contribution in [0.5, 0.6) is 11.5 Å². The molecule has 1 aromatic carbocycles. The zero-order valence-electron chi connectivity index (χ0n) is 9.88. The van der Waals surface area contributed by atoms with Gasteiger partial charge in [0.05, 0.1) is 5.02 Å². The minimum absolute atomic E-state index is 0.300. The van der Waals surface area contributed by atoms with Gasteiger partial charge in [0.2, 0.25) is 6.79 Å². The minimum atomic E-state index is 0.300. The summed E-state index contributed by atoms with van der Waals surface area (Å²) in [5, 5.41) is 4.33. The normalized spacial score (nSPS) is 22.8. The fraction of sp³-hybridized carbons (Fsp3) is 0.538. The molecule has 2 aliphatic rings. The van der Waals surface area contributed by atoms with E-state index in [1.54, 1.807) is 0 Å². The van der Waals surface area contributed by atoms with Crippen molar-refractivity contribution < 1.29 is 9.47 Å². The molecule has 0 saturated carbocycles. The molecule has 0 bridgehead atoms. The largest absolute Gasteiger partial charge is 0.454 e. The van der Waals surface area contributed by atoms with E-state index < -0.39 is 0 Å². The first kappa shape index (κ1) is 11.2. The lowest BCUT2D eigenvalue weighted by molar-refractivity contribution is 0.173. The Morgan fingerprint density at radius 3 is 3.00 bits per heavy atom. The zero-order valence-corrected chi connectivity index (χ0v) is 10.6. The van der Waals surface area contributed by atoms with Crippen LogP contribution in [0.25, 0.3) is 0 Å². The van der Waals surface area contributed by atoms with Gasteiger partial charge in [-0.3, -0.25) is 0 Å². The standard InChI is InChI=1S/C13H16ClNO2/c1-8-12(14)9(10-4-2-3-5-15-10)6-11-13(8)17-7-16-11/h6,10,15H,2-5,7H2,1H3. The minimum Gasteiger partial charge on any atom is -0.454 e. The first-order valence-corrected chi connectivity index (χ1v) is 6.47. The number of ether oxygens (including phenoxy) is 2. The lowest BCUT2D eigenvalue weighted by atomic mass is 9.95. The number of benzene rings is 1. The molecule has 92 valence electrons. The van der Waals surface area contributed by atoms with Gasteiger partial charge in [0.1, 0.15) is 0 Å². The predicted molar refractivity (Wildman–Crippen MR) is 66.9 cm³/mol. The molecule has 0 aromatic heterocycles. The molecule has 4 heteroatoms.